The number of amides is 2. The first-order valence-corrected chi connectivity index (χ1v) is 7.89. The van der Waals surface area contributed by atoms with Gasteiger partial charge in [-0.15, -0.1) is 5.10 Å². The molecule has 9 nitrogen and oxygen atoms in total. The molecule has 2 aromatic heterocycles. The van der Waals surface area contributed by atoms with Gasteiger partial charge in [0.05, 0.1) is 10.6 Å². The molecule has 1 aromatic carbocycles. The van der Waals surface area contributed by atoms with Crippen molar-refractivity contribution in [3.8, 4) is 5.69 Å². The topological polar surface area (TPSA) is 106 Å². The molecule has 9 heteroatoms. The van der Waals surface area contributed by atoms with Gasteiger partial charge < -0.3 is 4.90 Å². The third kappa shape index (κ3) is 2.86. The zero-order valence-corrected chi connectivity index (χ0v) is 13.6. The summed E-state index contributed by atoms with van der Waals surface area (Å²) in [6.07, 6.45) is 4.68. The number of nitrogens with zero attached hydrogens (tertiary/aromatic N) is 5. The molecule has 0 bridgehead atoms. The Kier molecular flexibility index (Phi) is 3.81. The lowest BCUT2D eigenvalue weighted by atomic mass is 10.2. The Balaban J connectivity index is 1.57. The lowest BCUT2D eigenvalue weighted by Crippen LogP contribution is -2.30. The van der Waals surface area contributed by atoms with Gasteiger partial charge in [-0.3, -0.25) is 20.4 Å². The number of hydrogen-bond acceptors (Lipinski definition) is 5. The van der Waals surface area contributed by atoms with E-state index >= 15 is 0 Å². The van der Waals surface area contributed by atoms with E-state index in [1.165, 1.54) is 10.9 Å². The summed E-state index contributed by atoms with van der Waals surface area (Å²) in [6.45, 7) is 0.832. The molecule has 4 rings (SSSR count). The van der Waals surface area contributed by atoms with E-state index in [4.69, 9.17) is 0 Å². The molecule has 0 saturated heterocycles. The summed E-state index contributed by atoms with van der Waals surface area (Å²) in [5, 5.41) is 18.0. The van der Waals surface area contributed by atoms with E-state index in [9.17, 15) is 14.9 Å². The molecule has 0 fully saturated rings. The van der Waals surface area contributed by atoms with E-state index in [0.717, 1.165) is 11.1 Å². The first-order valence-electron chi connectivity index (χ1n) is 7.89. The summed E-state index contributed by atoms with van der Waals surface area (Å²) in [5.74, 6) is -0.0852. The molecule has 2 amide bonds. The van der Waals surface area contributed by atoms with Gasteiger partial charge in [0.15, 0.2) is 0 Å². The minimum Gasteiger partial charge on any atom is -0.316 e. The van der Waals surface area contributed by atoms with Gasteiger partial charge in [-0.05, 0) is 29.3 Å². The molecule has 1 aliphatic heterocycles. The van der Waals surface area contributed by atoms with E-state index in [1.807, 2.05) is 12.1 Å². The number of urea groups is 1. The molecule has 0 saturated carbocycles. The predicted molar refractivity (Wildman–Crippen MR) is 92.7 cm³/mol. The fourth-order valence-corrected chi connectivity index (χ4v) is 2.84. The Labute approximate surface area is 148 Å². The van der Waals surface area contributed by atoms with Crippen molar-refractivity contribution in [2.75, 3.05) is 5.32 Å². The van der Waals surface area contributed by atoms with Crippen molar-refractivity contribution in [3.05, 3.63) is 76.2 Å². The summed E-state index contributed by atoms with van der Waals surface area (Å²) < 4.78 is 1.37. The smallest absolute Gasteiger partial charge is 0.316 e. The minimum absolute atomic E-state index is 0.0852. The number of para-hydroxylation sites is 1. The van der Waals surface area contributed by atoms with Gasteiger partial charge in [0.25, 0.3) is 0 Å². The normalized spacial score (nSPS) is 12.7. The van der Waals surface area contributed by atoms with Crippen LogP contribution in [0.1, 0.15) is 11.1 Å². The maximum atomic E-state index is 12.5. The fraction of sp³-hybridized carbons (Fsp3) is 0.118. The van der Waals surface area contributed by atoms with Crippen molar-refractivity contribution in [1.29, 1.82) is 0 Å². The lowest BCUT2D eigenvalue weighted by Gasteiger charge is -2.14. The number of aromatic nitrogens is 3. The second-order valence-corrected chi connectivity index (χ2v) is 5.83. The van der Waals surface area contributed by atoms with Gasteiger partial charge in [-0.2, -0.15) is 0 Å². The predicted octanol–water partition coefficient (Wildman–Crippen LogP) is 2.72. The van der Waals surface area contributed by atoms with Gasteiger partial charge in [-0.25, -0.2) is 9.48 Å². The van der Waals surface area contributed by atoms with Crippen LogP contribution >= 0.6 is 0 Å². The zero-order valence-electron chi connectivity index (χ0n) is 13.6. The molecule has 0 spiro atoms. The van der Waals surface area contributed by atoms with Crippen LogP contribution in [0.4, 0.5) is 16.3 Å². The maximum absolute atomic E-state index is 12.5. The molecule has 0 atom stereocenters. The van der Waals surface area contributed by atoms with Gasteiger partial charge >= 0.3 is 11.7 Å². The van der Waals surface area contributed by atoms with Crippen LogP contribution in [0, 0.1) is 10.1 Å². The van der Waals surface area contributed by atoms with Crippen molar-refractivity contribution in [2.45, 2.75) is 13.1 Å². The highest BCUT2D eigenvalue weighted by atomic mass is 16.6. The van der Waals surface area contributed by atoms with Crippen LogP contribution in [0.2, 0.25) is 0 Å². The number of hydrogen-bond donors (Lipinski definition) is 1. The van der Waals surface area contributed by atoms with Gasteiger partial charge in [0.2, 0.25) is 5.82 Å². The number of carbonyl (C=O) groups excluding carboxylic acids is 1. The highest BCUT2D eigenvalue weighted by Crippen LogP contribution is 2.26. The van der Waals surface area contributed by atoms with Crippen molar-refractivity contribution < 1.29 is 9.72 Å². The van der Waals surface area contributed by atoms with Crippen molar-refractivity contribution in [2.24, 2.45) is 0 Å². The summed E-state index contributed by atoms with van der Waals surface area (Å²) in [4.78, 5) is 28.9. The fourth-order valence-electron chi connectivity index (χ4n) is 2.84. The van der Waals surface area contributed by atoms with Crippen LogP contribution in [-0.2, 0) is 13.1 Å². The number of fused-ring (bicyclic) bond motifs is 1. The summed E-state index contributed by atoms with van der Waals surface area (Å²) in [5.41, 5.74) is 2.38. The molecule has 1 aliphatic rings. The average Bonchev–Trinajstić information content (AvgIpc) is 3.26. The molecule has 3 aromatic rings. The summed E-state index contributed by atoms with van der Waals surface area (Å²) in [6, 6.07) is 10.4. The monoisotopic (exact) mass is 350 g/mol. The van der Waals surface area contributed by atoms with E-state index in [1.54, 1.807) is 41.6 Å². The number of rotatable bonds is 3. The summed E-state index contributed by atoms with van der Waals surface area (Å²) in [7, 11) is 0. The molecule has 0 aliphatic carbocycles. The van der Waals surface area contributed by atoms with E-state index in [-0.39, 0.29) is 11.5 Å². The Hall–Kier alpha value is -3.75. The molecule has 1 N–H and O–H groups in total. The molecular formula is C17H14N6O3. The number of carbonyl (C=O) groups is 1. The Morgan fingerprint density at radius 3 is 2.65 bits per heavy atom. The molecule has 3 heterocycles. The number of pyridine rings is 1. The SMILES string of the molecule is O=C(Nc1nn(-c2ccccc2)cc1[N+](=O)[O-])N1Cc2ccncc2C1. The van der Waals surface area contributed by atoms with Crippen LogP contribution in [0.5, 0.6) is 0 Å². The minimum atomic E-state index is -0.565. The van der Waals surface area contributed by atoms with Crippen LogP contribution in [-0.4, -0.2) is 30.6 Å². The lowest BCUT2D eigenvalue weighted by molar-refractivity contribution is -0.384. The third-order valence-corrected chi connectivity index (χ3v) is 4.15. The molecule has 0 radical (unpaired) electrons. The first kappa shape index (κ1) is 15.8. The second kappa shape index (κ2) is 6.28. The second-order valence-electron chi connectivity index (χ2n) is 5.83. The Morgan fingerprint density at radius 2 is 1.92 bits per heavy atom. The standard InChI is InChI=1S/C17H14N6O3/c24-17(21-9-12-6-7-18-8-13(12)10-21)19-16-15(23(25)26)11-22(20-16)14-4-2-1-3-5-14/h1-8,11H,9-10H2,(H,19,20,24). The largest absolute Gasteiger partial charge is 0.331 e. The van der Waals surface area contributed by atoms with Crippen molar-refractivity contribution in [3.63, 3.8) is 0 Å². The van der Waals surface area contributed by atoms with Gasteiger partial charge in [-0.1, -0.05) is 18.2 Å². The zero-order chi connectivity index (χ0) is 18.1. The molecule has 26 heavy (non-hydrogen) atoms. The number of benzene rings is 1. The molecular weight excluding hydrogens is 336 g/mol. The highest BCUT2D eigenvalue weighted by molar-refractivity contribution is 5.90. The highest BCUT2D eigenvalue weighted by Gasteiger charge is 2.27. The summed E-state index contributed by atoms with van der Waals surface area (Å²) >= 11 is 0. The van der Waals surface area contributed by atoms with E-state index < -0.39 is 11.0 Å². The van der Waals surface area contributed by atoms with Gasteiger partial charge in [0, 0.05) is 25.5 Å². The Morgan fingerprint density at radius 1 is 1.15 bits per heavy atom. The van der Waals surface area contributed by atoms with Crippen LogP contribution in [0.3, 0.4) is 0 Å². The quantitative estimate of drug-likeness (QED) is 0.577. The first-order chi connectivity index (χ1) is 12.6. The number of anilines is 1. The van der Waals surface area contributed by atoms with Crippen LogP contribution in [0.25, 0.3) is 5.69 Å². The molecule has 0 unspecified atom stereocenters. The average molecular weight is 350 g/mol. The number of nitrogens with one attached hydrogen (secondary N) is 1. The maximum Gasteiger partial charge on any atom is 0.331 e. The van der Waals surface area contributed by atoms with Gasteiger partial charge in [0.1, 0.15) is 6.20 Å². The Bertz CT molecular complexity index is 960. The number of nitro groups is 1. The third-order valence-electron chi connectivity index (χ3n) is 4.15. The van der Waals surface area contributed by atoms with E-state index in [0.29, 0.717) is 18.8 Å². The molecule has 130 valence electrons. The van der Waals surface area contributed by atoms with Crippen molar-refractivity contribution in [1.82, 2.24) is 19.7 Å². The van der Waals surface area contributed by atoms with Crippen LogP contribution in [0.15, 0.2) is 55.0 Å². The van der Waals surface area contributed by atoms with Crippen molar-refractivity contribution >= 4 is 17.5 Å². The van der Waals surface area contributed by atoms with E-state index in [2.05, 4.69) is 15.4 Å². The van der Waals surface area contributed by atoms with Crippen LogP contribution < -0.4 is 5.32 Å².